The molecule has 0 saturated heterocycles. The van der Waals surface area contributed by atoms with Crippen molar-refractivity contribution < 1.29 is 0 Å². The summed E-state index contributed by atoms with van der Waals surface area (Å²) in [5.74, 6) is 2.82. The second-order valence-electron chi connectivity index (χ2n) is 0.884. The maximum atomic E-state index is 3.48. The van der Waals surface area contributed by atoms with Crippen LogP contribution in [0.3, 0.4) is 0 Å². The molecule has 0 heterocycles. The second kappa shape index (κ2) is 6.09. The summed E-state index contributed by atoms with van der Waals surface area (Å²) >= 11 is 0.0432. The Labute approximate surface area is 55.1 Å². The summed E-state index contributed by atoms with van der Waals surface area (Å²) in [5.41, 5.74) is 0. The first kappa shape index (κ1) is 7.09. The van der Waals surface area contributed by atoms with Gasteiger partial charge < -0.3 is 0 Å². The molecule has 0 bridgehead atoms. The normalized spacial score (nSPS) is 6.43. The van der Waals surface area contributed by atoms with Crippen molar-refractivity contribution >= 4 is 20.9 Å². The van der Waals surface area contributed by atoms with Crippen molar-refractivity contribution in [2.75, 3.05) is 0 Å². The van der Waals surface area contributed by atoms with Crippen LogP contribution >= 0.6 is 0 Å². The molecule has 0 aromatic rings. The van der Waals surface area contributed by atoms with Crippen molar-refractivity contribution in [1.29, 1.82) is 0 Å². The van der Waals surface area contributed by atoms with E-state index in [1.54, 1.807) is 6.08 Å². The van der Waals surface area contributed by atoms with Crippen LogP contribution in [-0.4, -0.2) is 20.9 Å². The Kier molecular flexibility index (Phi) is 6.17. The van der Waals surface area contributed by atoms with E-state index in [-0.39, 0.29) is 20.9 Å². The summed E-state index contributed by atoms with van der Waals surface area (Å²) in [7, 11) is 0. The fourth-order valence-corrected chi connectivity index (χ4v) is 1.04. The fourth-order valence-electron chi connectivity index (χ4n) is 0.156. The third-order valence-electron chi connectivity index (χ3n) is 0.377. The molecule has 0 radical (unpaired) electrons. The summed E-state index contributed by atoms with van der Waals surface area (Å²) in [6.45, 7) is 5.65. The van der Waals surface area contributed by atoms with Crippen molar-refractivity contribution in [2.24, 2.45) is 0 Å². The first-order chi connectivity index (χ1) is 3.41. The summed E-state index contributed by atoms with van der Waals surface area (Å²) in [5, 5.41) is 0. The molecule has 0 rings (SSSR count). The van der Waals surface area contributed by atoms with Gasteiger partial charge in [0.2, 0.25) is 0 Å². The molecule has 1 heteroatoms. The van der Waals surface area contributed by atoms with Crippen LogP contribution < -0.4 is 0 Å². The van der Waals surface area contributed by atoms with E-state index >= 15 is 0 Å². The third kappa shape index (κ3) is 6.09. The van der Waals surface area contributed by atoms with E-state index in [2.05, 4.69) is 23.4 Å². The van der Waals surface area contributed by atoms with Crippen molar-refractivity contribution in [3.8, 4) is 9.89 Å². The molecule has 0 aliphatic heterocycles. The van der Waals surface area contributed by atoms with Crippen molar-refractivity contribution in [3.63, 3.8) is 0 Å². The zero-order valence-electron chi connectivity index (χ0n) is 4.40. The summed E-state index contributed by atoms with van der Waals surface area (Å²) in [4.78, 5) is 0. The summed E-state index contributed by atoms with van der Waals surface area (Å²) in [6, 6.07) is 0. The van der Waals surface area contributed by atoms with Gasteiger partial charge in [-0.2, -0.15) is 0 Å². The third-order valence-corrected chi connectivity index (χ3v) is 1.95. The molecule has 0 N–H and O–H groups in total. The predicted octanol–water partition coefficient (Wildman–Crippen LogP) is 1.28. The molecule has 7 heavy (non-hydrogen) atoms. The average molecular weight is 208 g/mol. The number of hydrogen-bond donors (Lipinski definition) is 0. The van der Waals surface area contributed by atoms with E-state index in [1.165, 1.54) is 4.47 Å². The van der Waals surface area contributed by atoms with E-state index in [0.717, 1.165) is 0 Å². The standard InChI is InChI=1S/C6H8Te/c1-3-5-6-7-4-2/h3H,1,4H2,2H3. The topological polar surface area (TPSA) is 0 Å². The van der Waals surface area contributed by atoms with Gasteiger partial charge in [0.05, 0.1) is 0 Å². The van der Waals surface area contributed by atoms with E-state index in [1.807, 2.05) is 0 Å². The Morgan fingerprint density at radius 1 is 1.86 bits per heavy atom. The SMILES string of the molecule is C=CC#C[Te]CC. The van der Waals surface area contributed by atoms with E-state index in [0.29, 0.717) is 0 Å². The van der Waals surface area contributed by atoms with Gasteiger partial charge in [0.15, 0.2) is 0 Å². The van der Waals surface area contributed by atoms with Gasteiger partial charge in [-0.1, -0.05) is 0 Å². The van der Waals surface area contributed by atoms with Crippen LogP contribution in [0.2, 0.25) is 4.47 Å². The van der Waals surface area contributed by atoms with E-state index in [9.17, 15) is 0 Å². The molecule has 0 nitrogen and oxygen atoms in total. The monoisotopic (exact) mass is 210 g/mol. The van der Waals surface area contributed by atoms with Gasteiger partial charge in [0.25, 0.3) is 0 Å². The first-order valence-electron chi connectivity index (χ1n) is 2.15. The van der Waals surface area contributed by atoms with Crippen LogP contribution in [0.1, 0.15) is 6.92 Å². The van der Waals surface area contributed by atoms with Crippen LogP contribution in [-0.2, 0) is 0 Å². The molecule has 0 atom stereocenters. The molecule has 0 aliphatic rings. The molecule has 0 fully saturated rings. The Morgan fingerprint density at radius 3 is 3.00 bits per heavy atom. The Balaban J connectivity index is 3.07. The van der Waals surface area contributed by atoms with Crippen molar-refractivity contribution in [3.05, 3.63) is 12.7 Å². The predicted molar refractivity (Wildman–Crippen MR) is 34.2 cm³/mol. The van der Waals surface area contributed by atoms with Crippen LogP contribution in [0.25, 0.3) is 0 Å². The Bertz CT molecular complexity index is 94.5. The summed E-state index contributed by atoms with van der Waals surface area (Å²) < 4.78 is 4.32. The van der Waals surface area contributed by atoms with E-state index in [4.69, 9.17) is 0 Å². The summed E-state index contributed by atoms with van der Waals surface area (Å²) in [6.07, 6.45) is 1.65. The van der Waals surface area contributed by atoms with Crippen LogP contribution in [0, 0.1) is 9.89 Å². The second-order valence-corrected chi connectivity index (χ2v) is 3.94. The van der Waals surface area contributed by atoms with Crippen LogP contribution in [0.5, 0.6) is 0 Å². The van der Waals surface area contributed by atoms with Gasteiger partial charge in [-0.3, -0.25) is 0 Å². The van der Waals surface area contributed by atoms with Gasteiger partial charge in [-0.15, -0.1) is 0 Å². The molecule has 0 amide bonds. The first-order valence-corrected chi connectivity index (χ1v) is 4.96. The molecule has 0 unspecified atom stereocenters. The van der Waals surface area contributed by atoms with Gasteiger partial charge in [0, 0.05) is 0 Å². The minimum absolute atomic E-state index is 0.0432. The molecular formula is C6H8Te. The van der Waals surface area contributed by atoms with Gasteiger partial charge in [-0.05, 0) is 0 Å². The molecular weight excluding hydrogens is 200 g/mol. The Morgan fingerprint density at radius 2 is 2.57 bits per heavy atom. The van der Waals surface area contributed by atoms with Crippen LogP contribution in [0.4, 0.5) is 0 Å². The van der Waals surface area contributed by atoms with E-state index < -0.39 is 0 Å². The van der Waals surface area contributed by atoms with Gasteiger partial charge >= 0.3 is 54.9 Å². The molecule has 0 spiro atoms. The maximum absolute atomic E-state index is 3.48. The minimum atomic E-state index is 0.0432. The molecule has 0 aromatic carbocycles. The molecule has 0 saturated carbocycles. The fraction of sp³-hybridized carbons (Fsp3) is 0.333. The van der Waals surface area contributed by atoms with Gasteiger partial charge in [0.1, 0.15) is 0 Å². The zero-order valence-corrected chi connectivity index (χ0v) is 6.73. The molecule has 0 aromatic heterocycles. The van der Waals surface area contributed by atoms with Gasteiger partial charge in [-0.25, -0.2) is 0 Å². The molecule has 0 aliphatic carbocycles. The quantitative estimate of drug-likeness (QED) is 0.449. The van der Waals surface area contributed by atoms with Crippen LogP contribution in [0.15, 0.2) is 12.7 Å². The number of allylic oxidation sites excluding steroid dienone is 1. The molecule has 38 valence electrons. The Hall–Kier alpha value is 0.0896. The average Bonchev–Trinajstić information content (AvgIpc) is 1.69. The number of hydrogen-bond acceptors (Lipinski definition) is 0. The van der Waals surface area contributed by atoms with Crippen molar-refractivity contribution in [2.45, 2.75) is 11.4 Å². The number of rotatable bonds is 1. The van der Waals surface area contributed by atoms with Crippen molar-refractivity contribution in [1.82, 2.24) is 0 Å². The zero-order chi connectivity index (χ0) is 5.54.